The summed E-state index contributed by atoms with van der Waals surface area (Å²) in [5.74, 6) is -0.756. The molecule has 42 heavy (non-hydrogen) atoms. The van der Waals surface area contributed by atoms with Gasteiger partial charge in [-0.25, -0.2) is 4.79 Å². The van der Waals surface area contributed by atoms with Gasteiger partial charge in [0.05, 0.1) is 12.5 Å². The monoisotopic (exact) mass is 616 g/mol. The largest absolute Gasteiger partial charge is 0.508 e. The number of nitrogens with two attached hydrogens (primary N) is 1. The average molecular weight is 617 g/mol. The number of aliphatic carboxylic acids is 1. The van der Waals surface area contributed by atoms with Gasteiger partial charge in [0, 0.05) is 28.6 Å². The van der Waals surface area contributed by atoms with Crippen LogP contribution in [-0.4, -0.2) is 74.0 Å². The van der Waals surface area contributed by atoms with Crippen molar-refractivity contribution in [2.24, 2.45) is 5.73 Å². The molecule has 10 nitrogen and oxygen atoms in total. The van der Waals surface area contributed by atoms with Crippen molar-refractivity contribution in [3.8, 4) is 5.75 Å². The minimum Gasteiger partial charge on any atom is -0.508 e. The maximum atomic E-state index is 13.3. The van der Waals surface area contributed by atoms with E-state index in [-0.39, 0.29) is 31.0 Å². The first-order valence-electron chi connectivity index (χ1n) is 13.7. The van der Waals surface area contributed by atoms with Gasteiger partial charge in [0.15, 0.2) is 0 Å². The summed E-state index contributed by atoms with van der Waals surface area (Å²) in [4.78, 5) is 51.4. The smallest absolute Gasteiger partial charge is 0.327 e. The lowest BCUT2D eigenvalue weighted by molar-refractivity contribution is -0.142. The number of fused-ring (bicyclic) bond motifs is 1. The number of hydrogen-bond donors (Lipinski definition) is 6. The van der Waals surface area contributed by atoms with Crippen molar-refractivity contribution >= 4 is 47.2 Å². The number of amides is 3. The second kappa shape index (κ2) is 14.8. The molecule has 1 aliphatic rings. The molecular weight excluding hydrogens is 576 g/mol. The second-order valence-corrected chi connectivity index (χ2v) is 13.9. The van der Waals surface area contributed by atoms with E-state index in [0.717, 1.165) is 16.7 Å². The molecule has 228 valence electrons. The Bertz CT molecular complexity index is 1300. The molecule has 0 saturated carbocycles. The topological polar surface area (TPSA) is 171 Å². The molecule has 0 aromatic heterocycles. The van der Waals surface area contributed by atoms with Crippen LogP contribution in [0.15, 0.2) is 36.4 Å². The number of carboxylic acid groups (broad SMARTS) is 1. The van der Waals surface area contributed by atoms with E-state index >= 15 is 0 Å². The molecule has 0 aliphatic carbocycles. The molecule has 3 rings (SSSR count). The molecule has 0 bridgehead atoms. The Balaban J connectivity index is 1.79. The van der Waals surface area contributed by atoms with E-state index in [1.165, 1.54) is 23.5 Å². The molecule has 3 amide bonds. The van der Waals surface area contributed by atoms with Gasteiger partial charge in [-0.15, -0.1) is 0 Å². The summed E-state index contributed by atoms with van der Waals surface area (Å²) in [6.45, 7) is 7.39. The highest BCUT2D eigenvalue weighted by Gasteiger charge is 2.37. The molecule has 12 heteroatoms. The maximum absolute atomic E-state index is 13.3. The lowest BCUT2D eigenvalue weighted by atomic mass is 9.96. The van der Waals surface area contributed by atoms with Crippen LogP contribution in [0.1, 0.15) is 41.7 Å². The zero-order valence-corrected chi connectivity index (χ0v) is 26.0. The van der Waals surface area contributed by atoms with Gasteiger partial charge in [-0.1, -0.05) is 24.3 Å². The zero-order chi connectivity index (χ0) is 31.0. The molecule has 0 fully saturated rings. The number of thioether (sulfide) groups is 2. The number of phenolic OH excluding ortho intramolecular Hbond substituents is 1. The maximum Gasteiger partial charge on any atom is 0.327 e. The normalized spacial score (nSPS) is 20.9. The van der Waals surface area contributed by atoms with E-state index in [1.807, 2.05) is 13.8 Å². The Morgan fingerprint density at radius 2 is 1.76 bits per heavy atom. The number of aromatic hydroxyl groups is 1. The van der Waals surface area contributed by atoms with Crippen molar-refractivity contribution in [1.29, 1.82) is 0 Å². The Morgan fingerprint density at radius 1 is 1.12 bits per heavy atom. The van der Waals surface area contributed by atoms with Gasteiger partial charge in [-0.3, -0.25) is 14.4 Å². The first kappa shape index (κ1) is 33.3. The number of nitrogens with one attached hydrogen (secondary N) is 3. The highest BCUT2D eigenvalue weighted by Crippen LogP contribution is 2.30. The molecule has 1 heterocycles. The fourth-order valence-electron chi connectivity index (χ4n) is 4.84. The third-order valence-electron chi connectivity index (χ3n) is 7.23. The second-order valence-electron chi connectivity index (χ2n) is 11.0. The molecule has 1 aliphatic heterocycles. The van der Waals surface area contributed by atoms with Gasteiger partial charge < -0.3 is 31.9 Å². The van der Waals surface area contributed by atoms with E-state index in [4.69, 9.17) is 5.73 Å². The summed E-state index contributed by atoms with van der Waals surface area (Å²) in [5, 5.41) is 28.1. The van der Waals surface area contributed by atoms with Crippen LogP contribution in [0.25, 0.3) is 0 Å². The van der Waals surface area contributed by atoms with Crippen LogP contribution in [0.3, 0.4) is 0 Å². The summed E-state index contributed by atoms with van der Waals surface area (Å²) < 4.78 is -0.791. The third-order valence-corrected chi connectivity index (χ3v) is 9.94. The first-order valence-corrected chi connectivity index (χ1v) is 15.9. The number of carbonyl (C=O) groups is 4. The number of rotatable bonds is 5. The predicted molar refractivity (Wildman–Crippen MR) is 167 cm³/mol. The van der Waals surface area contributed by atoms with Gasteiger partial charge in [0.25, 0.3) is 0 Å². The molecule has 7 N–H and O–H groups in total. The lowest BCUT2D eigenvalue weighted by Crippen LogP contribution is -2.53. The molecule has 2 aromatic carbocycles. The van der Waals surface area contributed by atoms with Gasteiger partial charge in [-0.2, -0.15) is 23.5 Å². The minimum atomic E-state index is -1.10. The lowest BCUT2D eigenvalue weighted by Gasteiger charge is -2.31. The van der Waals surface area contributed by atoms with Gasteiger partial charge >= 0.3 is 5.97 Å². The summed E-state index contributed by atoms with van der Waals surface area (Å²) in [7, 11) is 0. The number of aryl methyl sites for hydroxylation is 2. The van der Waals surface area contributed by atoms with Crippen molar-refractivity contribution in [1.82, 2.24) is 16.0 Å². The zero-order valence-electron chi connectivity index (χ0n) is 24.4. The average Bonchev–Trinajstić information content (AvgIpc) is 2.91. The van der Waals surface area contributed by atoms with E-state index in [1.54, 1.807) is 50.2 Å². The highest BCUT2D eigenvalue weighted by atomic mass is 32.2. The van der Waals surface area contributed by atoms with Crippen LogP contribution < -0.4 is 21.7 Å². The van der Waals surface area contributed by atoms with Gasteiger partial charge in [-0.05, 0) is 74.1 Å². The Hall–Kier alpha value is -3.22. The molecule has 3 atom stereocenters. The summed E-state index contributed by atoms with van der Waals surface area (Å²) >= 11 is 2.88. The minimum absolute atomic E-state index is 0.0441. The number of carboxylic acids is 1. The molecule has 2 aromatic rings. The van der Waals surface area contributed by atoms with Crippen LogP contribution in [0.4, 0.5) is 0 Å². The number of carbonyl (C=O) groups excluding carboxylic acids is 3. The molecule has 3 unspecified atom stereocenters. The molecule has 0 spiro atoms. The number of phenols is 1. The van der Waals surface area contributed by atoms with E-state index < -0.39 is 40.7 Å². The van der Waals surface area contributed by atoms with Gasteiger partial charge in [0.2, 0.25) is 17.7 Å². The Labute approximate surface area is 255 Å². The van der Waals surface area contributed by atoms with Crippen LogP contribution in [0, 0.1) is 13.8 Å². The van der Waals surface area contributed by atoms with Crippen molar-refractivity contribution < 1.29 is 29.4 Å². The van der Waals surface area contributed by atoms with Crippen molar-refractivity contribution in [3.63, 3.8) is 0 Å². The number of benzene rings is 2. The fourth-order valence-corrected chi connectivity index (χ4v) is 7.14. The van der Waals surface area contributed by atoms with Crippen LogP contribution in [-0.2, 0) is 38.6 Å². The molecular formula is C30H40N4O6S2. The van der Waals surface area contributed by atoms with Crippen LogP contribution >= 0.6 is 23.5 Å². The Kier molecular flexibility index (Phi) is 11.7. The standard InChI is InChI=1S/C30H40N4O6S2/c1-17-11-21(35)12-18(2)22(17)14-23(31)27(37)33-24-16-41-9-10-42-30(3,4)26(29(39)40)34-25(36)13-19-7-5-6-8-20(19)15-32-28(24)38/h5-8,11-12,23-24,26,35H,9-10,13-16,31H2,1-4H3,(H,32,38)(H,33,37)(H,34,36)(H,39,40). The van der Waals surface area contributed by atoms with E-state index in [0.29, 0.717) is 28.4 Å². The first-order chi connectivity index (χ1) is 19.8. The third kappa shape index (κ3) is 9.14. The predicted octanol–water partition coefficient (Wildman–Crippen LogP) is 2.05. The van der Waals surface area contributed by atoms with E-state index in [9.17, 15) is 29.4 Å². The Morgan fingerprint density at radius 3 is 2.40 bits per heavy atom. The van der Waals surface area contributed by atoms with Crippen molar-refractivity contribution in [3.05, 3.63) is 64.2 Å². The highest BCUT2D eigenvalue weighted by molar-refractivity contribution is 8.03. The number of hydrogen-bond acceptors (Lipinski definition) is 8. The van der Waals surface area contributed by atoms with E-state index in [2.05, 4.69) is 16.0 Å². The molecule has 0 radical (unpaired) electrons. The fraction of sp³-hybridized carbons (Fsp3) is 0.467. The molecule has 0 saturated heterocycles. The van der Waals surface area contributed by atoms with Crippen LogP contribution in [0.2, 0.25) is 0 Å². The van der Waals surface area contributed by atoms with Crippen LogP contribution in [0.5, 0.6) is 5.75 Å². The summed E-state index contributed by atoms with van der Waals surface area (Å²) in [5.41, 5.74) is 10.2. The summed E-state index contributed by atoms with van der Waals surface area (Å²) in [6, 6.07) is 7.52. The quantitative estimate of drug-likeness (QED) is 0.294. The van der Waals surface area contributed by atoms with Crippen molar-refractivity contribution in [2.45, 2.75) is 70.0 Å². The van der Waals surface area contributed by atoms with Gasteiger partial charge in [0.1, 0.15) is 17.8 Å². The SMILES string of the molecule is Cc1cc(O)cc(C)c1CC(N)C(=O)NC1CSCCSC(C)(C)C(C(=O)O)NC(=O)Cc2ccccc2CNC1=O. The summed E-state index contributed by atoms with van der Waals surface area (Å²) in [6.07, 6.45) is 0.203. The van der Waals surface area contributed by atoms with Crippen molar-refractivity contribution in [2.75, 3.05) is 17.3 Å².